The van der Waals surface area contributed by atoms with Gasteiger partial charge in [0, 0.05) is 19.1 Å². The number of hydrogen-bond donors (Lipinski definition) is 1. The number of rotatable bonds is 4. The largest absolute Gasteiger partial charge is 0.340 e. The van der Waals surface area contributed by atoms with E-state index in [1.165, 1.54) is 19.1 Å². The Bertz CT molecular complexity index is 631. The topological polar surface area (TPSA) is 66.5 Å². The van der Waals surface area contributed by atoms with Crippen molar-refractivity contribution in [1.29, 1.82) is 0 Å². The highest BCUT2D eigenvalue weighted by Gasteiger charge is 2.34. The first-order valence-electron chi connectivity index (χ1n) is 7.31. The standard InChI is InChI=1S/C15H21FN2O3S/c1-11(15(19)18-9-3-4-13(10-18)17-2)22(20,21)14-7-5-12(16)6-8-14/h5-8,11,13,17H,3-4,9-10H2,1-2H3/t11-,13+/m0/s1. The Hall–Kier alpha value is -1.47. The van der Waals surface area contributed by atoms with Crippen molar-refractivity contribution in [3.8, 4) is 0 Å². The summed E-state index contributed by atoms with van der Waals surface area (Å²) < 4.78 is 37.9. The molecule has 1 N–H and O–H groups in total. The Morgan fingerprint density at radius 3 is 2.59 bits per heavy atom. The van der Waals surface area contributed by atoms with Crippen LogP contribution in [0.3, 0.4) is 0 Å². The second kappa shape index (κ2) is 6.75. The monoisotopic (exact) mass is 328 g/mol. The molecule has 1 aliphatic heterocycles. The second-order valence-corrected chi connectivity index (χ2v) is 7.82. The molecule has 122 valence electrons. The fourth-order valence-electron chi connectivity index (χ4n) is 2.63. The van der Waals surface area contributed by atoms with Crippen LogP contribution in [0, 0.1) is 5.82 Å². The molecule has 2 atom stereocenters. The van der Waals surface area contributed by atoms with Crippen LogP contribution in [0.25, 0.3) is 0 Å². The Labute approximate surface area is 130 Å². The van der Waals surface area contributed by atoms with Gasteiger partial charge in [0.1, 0.15) is 11.1 Å². The van der Waals surface area contributed by atoms with Crippen LogP contribution in [0.2, 0.25) is 0 Å². The van der Waals surface area contributed by atoms with Gasteiger partial charge in [-0.25, -0.2) is 12.8 Å². The van der Waals surface area contributed by atoms with E-state index in [0.717, 1.165) is 25.0 Å². The first-order chi connectivity index (χ1) is 10.4. The van der Waals surface area contributed by atoms with Crippen LogP contribution in [-0.4, -0.2) is 50.7 Å². The van der Waals surface area contributed by atoms with Gasteiger partial charge in [0.15, 0.2) is 9.84 Å². The summed E-state index contributed by atoms with van der Waals surface area (Å²) in [5.41, 5.74) is 0. The average molecular weight is 328 g/mol. The smallest absolute Gasteiger partial charge is 0.241 e. The summed E-state index contributed by atoms with van der Waals surface area (Å²) in [4.78, 5) is 14.1. The van der Waals surface area contributed by atoms with Crippen LogP contribution in [0.1, 0.15) is 19.8 Å². The van der Waals surface area contributed by atoms with E-state index in [2.05, 4.69) is 5.32 Å². The quantitative estimate of drug-likeness (QED) is 0.844. The van der Waals surface area contributed by atoms with Gasteiger partial charge in [-0.2, -0.15) is 0 Å². The van der Waals surface area contributed by atoms with E-state index in [4.69, 9.17) is 0 Å². The van der Waals surface area contributed by atoms with Crippen LogP contribution in [0.4, 0.5) is 4.39 Å². The molecule has 1 aromatic carbocycles. The van der Waals surface area contributed by atoms with Crippen LogP contribution >= 0.6 is 0 Å². The molecule has 1 heterocycles. The summed E-state index contributed by atoms with van der Waals surface area (Å²) >= 11 is 0. The Balaban J connectivity index is 2.17. The van der Waals surface area contributed by atoms with Gasteiger partial charge in [-0.05, 0) is 51.1 Å². The maximum atomic E-state index is 12.9. The number of amides is 1. The van der Waals surface area contributed by atoms with Gasteiger partial charge in [-0.3, -0.25) is 4.79 Å². The molecule has 22 heavy (non-hydrogen) atoms. The Morgan fingerprint density at radius 2 is 2.00 bits per heavy atom. The predicted octanol–water partition coefficient (Wildman–Crippen LogP) is 1.20. The number of likely N-dealkylation sites (N-methyl/N-ethyl adjacent to an activating group) is 1. The third kappa shape index (κ3) is 3.47. The van der Waals surface area contributed by atoms with Gasteiger partial charge in [-0.15, -0.1) is 0 Å². The van der Waals surface area contributed by atoms with Crippen molar-refractivity contribution in [2.45, 2.75) is 36.0 Å². The number of carbonyl (C=O) groups is 1. The van der Waals surface area contributed by atoms with E-state index in [0.29, 0.717) is 13.1 Å². The molecule has 0 aliphatic carbocycles. The highest BCUT2D eigenvalue weighted by atomic mass is 32.2. The van der Waals surface area contributed by atoms with Gasteiger partial charge in [-0.1, -0.05) is 0 Å². The lowest BCUT2D eigenvalue weighted by molar-refractivity contribution is -0.131. The molecule has 0 aromatic heterocycles. The zero-order chi connectivity index (χ0) is 16.3. The molecular weight excluding hydrogens is 307 g/mol. The SMILES string of the molecule is CN[C@@H]1CCCN(C(=O)[C@H](C)S(=O)(=O)c2ccc(F)cc2)C1. The maximum Gasteiger partial charge on any atom is 0.241 e. The fourth-order valence-corrected chi connectivity index (χ4v) is 3.97. The highest BCUT2D eigenvalue weighted by Crippen LogP contribution is 2.20. The van der Waals surface area contributed by atoms with Crippen molar-refractivity contribution in [1.82, 2.24) is 10.2 Å². The van der Waals surface area contributed by atoms with Crippen molar-refractivity contribution >= 4 is 15.7 Å². The molecule has 1 saturated heterocycles. The summed E-state index contributed by atoms with van der Waals surface area (Å²) in [6.07, 6.45) is 1.82. The lowest BCUT2D eigenvalue weighted by atomic mass is 10.1. The number of nitrogens with zero attached hydrogens (tertiary/aromatic N) is 1. The van der Waals surface area contributed by atoms with E-state index in [1.54, 1.807) is 4.90 Å². The lowest BCUT2D eigenvalue weighted by Gasteiger charge is -2.34. The number of piperidine rings is 1. The molecule has 0 unspecified atom stereocenters. The molecule has 7 heteroatoms. The third-order valence-electron chi connectivity index (χ3n) is 4.10. The number of likely N-dealkylation sites (tertiary alicyclic amines) is 1. The van der Waals surface area contributed by atoms with E-state index in [-0.39, 0.29) is 10.9 Å². The second-order valence-electron chi connectivity index (χ2n) is 5.55. The van der Waals surface area contributed by atoms with Crippen LogP contribution in [0.5, 0.6) is 0 Å². The number of halogens is 1. The Morgan fingerprint density at radius 1 is 1.36 bits per heavy atom. The van der Waals surface area contributed by atoms with Gasteiger partial charge in [0.25, 0.3) is 0 Å². The van der Waals surface area contributed by atoms with Gasteiger partial charge < -0.3 is 10.2 Å². The van der Waals surface area contributed by atoms with Gasteiger partial charge >= 0.3 is 0 Å². The minimum absolute atomic E-state index is 0.0306. The minimum atomic E-state index is -3.81. The molecule has 2 rings (SSSR count). The average Bonchev–Trinajstić information content (AvgIpc) is 2.53. The van der Waals surface area contributed by atoms with Crippen LogP contribution in [-0.2, 0) is 14.6 Å². The molecule has 5 nitrogen and oxygen atoms in total. The summed E-state index contributed by atoms with van der Waals surface area (Å²) in [5, 5.41) is 1.95. The highest BCUT2D eigenvalue weighted by molar-refractivity contribution is 7.92. The normalized spacial score (nSPS) is 20.7. The molecule has 0 spiro atoms. The summed E-state index contributed by atoms with van der Waals surface area (Å²) in [6, 6.07) is 4.75. The van der Waals surface area contributed by atoms with E-state index < -0.39 is 26.8 Å². The van der Waals surface area contributed by atoms with E-state index in [1.807, 2.05) is 7.05 Å². The van der Waals surface area contributed by atoms with Crippen molar-refractivity contribution in [2.24, 2.45) is 0 Å². The van der Waals surface area contributed by atoms with E-state index >= 15 is 0 Å². The Kier molecular flexibility index (Phi) is 5.18. The molecule has 1 amide bonds. The maximum absolute atomic E-state index is 12.9. The van der Waals surface area contributed by atoms with Crippen LogP contribution < -0.4 is 5.32 Å². The molecule has 1 aliphatic rings. The van der Waals surface area contributed by atoms with Gasteiger partial charge in [0.05, 0.1) is 4.90 Å². The summed E-state index contributed by atoms with van der Waals surface area (Å²) in [5.74, 6) is -0.907. The summed E-state index contributed by atoms with van der Waals surface area (Å²) in [6.45, 7) is 2.48. The molecule has 1 fully saturated rings. The molecule has 0 bridgehead atoms. The number of nitrogens with one attached hydrogen (secondary N) is 1. The molecule has 1 aromatic rings. The fraction of sp³-hybridized carbons (Fsp3) is 0.533. The van der Waals surface area contributed by atoms with Gasteiger partial charge in [0.2, 0.25) is 5.91 Å². The first-order valence-corrected chi connectivity index (χ1v) is 8.86. The van der Waals surface area contributed by atoms with E-state index in [9.17, 15) is 17.6 Å². The predicted molar refractivity (Wildman–Crippen MR) is 81.7 cm³/mol. The van der Waals surface area contributed by atoms with Crippen LogP contribution in [0.15, 0.2) is 29.2 Å². The third-order valence-corrected chi connectivity index (χ3v) is 6.16. The number of sulfone groups is 1. The lowest BCUT2D eigenvalue weighted by Crippen LogP contribution is -2.50. The van der Waals surface area contributed by atoms with Crippen molar-refractivity contribution < 1.29 is 17.6 Å². The molecule has 0 radical (unpaired) electrons. The first kappa shape index (κ1) is 16.9. The number of carbonyl (C=O) groups excluding carboxylic acids is 1. The number of hydrogen-bond acceptors (Lipinski definition) is 4. The zero-order valence-corrected chi connectivity index (χ0v) is 13.6. The van der Waals surface area contributed by atoms with Crippen molar-refractivity contribution in [2.75, 3.05) is 20.1 Å². The minimum Gasteiger partial charge on any atom is -0.340 e. The van der Waals surface area contributed by atoms with Crippen molar-refractivity contribution in [3.63, 3.8) is 0 Å². The summed E-state index contributed by atoms with van der Waals surface area (Å²) in [7, 11) is -1.98. The zero-order valence-electron chi connectivity index (χ0n) is 12.8. The number of benzene rings is 1. The van der Waals surface area contributed by atoms with Crippen molar-refractivity contribution in [3.05, 3.63) is 30.1 Å². The molecule has 0 saturated carbocycles. The molecular formula is C15H21FN2O3S.